The van der Waals surface area contributed by atoms with Gasteiger partial charge in [-0.25, -0.2) is 4.39 Å². The molecule has 3 aromatic rings. The largest absolute Gasteiger partial charge is 0.348 e. The van der Waals surface area contributed by atoms with Crippen molar-refractivity contribution in [1.29, 1.82) is 0 Å². The van der Waals surface area contributed by atoms with Crippen LogP contribution >= 0.6 is 0 Å². The molecule has 1 amide bonds. The second-order valence-corrected chi connectivity index (χ2v) is 6.40. The van der Waals surface area contributed by atoms with Gasteiger partial charge in [-0.2, -0.15) is 5.10 Å². The highest BCUT2D eigenvalue weighted by molar-refractivity contribution is 5.91. The molecule has 0 aliphatic rings. The van der Waals surface area contributed by atoms with Crippen LogP contribution in [-0.4, -0.2) is 15.7 Å². The lowest BCUT2D eigenvalue weighted by molar-refractivity contribution is -0.116. The number of hydrogen-bond donors (Lipinski definition) is 1. The van der Waals surface area contributed by atoms with Gasteiger partial charge < -0.3 is 5.32 Å². The Labute approximate surface area is 158 Å². The van der Waals surface area contributed by atoms with Crippen molar-refractivity contribution >= 4 is 12.0 Å². The van der Waals surface area contributed by atoms with Gasteiger partial charge in [-0.15, -0.1) is 0 Å². The number of nitrogens with one attached hydrogen (secondary N) is 1. The third-order valence-electron chi connectivity index (χ3n) is 4.42. The van der Waals surface area contributed by atoms with Crippen molar-refractivity contribution in [2.45, 2.75) is 26.9 Å². The van der Waals surface area contributed by atoms with Crippen molar-refractivity contribution < 1.29 is 9.18 Å². The normalized spacial score (nSPS) is 11.1. The molecule has 0 spiro atoms. The third kappa shape index (κ3) is 4.91. The minimum Gasteiger partial charge on any atom is -0.348 e. The molecule has 0 atom stereocenters. The number of nitrogens with zero attached hydrogens (tertiary/aromatic N) is 2. The molecule has 0 saturated carbocycles. The number of hydrogen-bond acceptors (Lipinski definition) is 2. The Kier molecular flexibility index (Phi) is 5.81. The Balaban J connectivity index is 1.63. The molecule has 5 heteroatoms. The maximum Gasteiger partial charge on any atom is 0.244 e. The van der Waals surface area contributed by atoms with E-state index in [0.29, 0.717) is 18.7 Å². The second-order valence-electron chi connectivity index (χ2n) is 6.40. The molecule has 0 radical (unpaired) electrons. The van der Waals surface area contributed by atoms with E-state index >= 15 is 0 Å². The van der Waals surface area contributed by atoms with Gasteiger partial charge in [-0.3, -0.25) is 9.48 Å². The van der Waals surface area contributed by atoms with Crippen molar-refractivity contribution in [2.24, 2.45) is 0 Å². The van der Waals surface area contributed by atoms with E-state index in [1.165, 1.54) is 23.8 Å². The van der Waals surface area contributed by atoms with Crippen LogP contribution in [0, 0.1) is 19.7 Å². The summed E-state index contributed by atoms with van der Waals surface area (Å²) in [6, 6.07) is 16.2. The fourth-order valence-corrected chi connectivity index (χ4v) is 2.92. The summed E-state index contributed by atoms with van der Waals surface area (Å²) in [6.07, 6.45) is 3.00. The van der Waals surface area contributed by atoms with E-state index in [1.54, 1.807) is 18.2 Å². The van der Waals surface area contributed by atoms with Gasteiger partial charge in [0.25, 0.3) is 0 Å². The van der Waals surface area contributed by atoms with Gasteiger partial charge in [-0.05, 0) is 43.2 Å². The van der Waals surface area contributed by atoms with E-state index in [-0.39, 0.29) is 11.7 Å². The summed E-state index contributed by atoms with van der Waals surface area (Å²) in [6.45, 7) is 5.05. The lowest BCUT2D eigenvalue weighted by atomic mass is 10.2. The third-order valence-corrected chi connectivity index (χ3v) is 4.42. The Hall–Kier alpha value is -3.21. The van der Waals surface area contributed by atoms with Crippen LogP contribution < -0.4 is 5.32 Å². The molecule has 1 aromatic heterocycles. The highest BCUT2D eigenvalue weighted by Gasteiger charge is 2.12. The van der Waals surface area contributed by atoms with Crippen LogP contribution in [0.2, 0.25) is 0 Å². The zero-order valence-corrected chi connectivity index (χ0v) is 15.4. The number of rotatable bonds is 6. The van der Waals surface area contributed by atoms with Gasteiger partial charge in [0.2, 0.25) is 5.91 Å². The molecule has 27 heavy (non-hydrogen) atoms. The smallest absolute Gasteiger partial charge is 0.244 e. The number of aromatic nitrogens is 2. The zero-order chi connectivity index (χ0) is 19.2. The summed E-state index contributed by atoms with van der Waals surface area (Å²) in [5.41, 5.74) is 4.77. The van der Waals surface area contributed by atoms with E-state index in [2.05, 4.69) is 22.5 Å². The van der Waals surface area contributed by atoms with Crippen molar-refractivity contribution in [3.8, 4) is 0 Å². The molecule has 3 rings (SSSR count). The van der Waals surface area contributed by atoms with Crippen LogP contribution in [0.15, 0.2) is 60.7 Å². The van der Waals surface area contributed by atoms with Gasteiger partial charge in [0, 0.05) is 23.9 Å². The molecule has 1 heterocycles. The molecule has 0 fully saturated rings. The second kappa shape index (κ2) is 8.45. The van der Waals surface area contributed by atoms with Crippen molar-refractivity contribution in [3.63, 3.8) is 0 Å². The van der Waals surface area contributed by atoms with Crippen LogP contribution in [0.4, 0.5) is 4.39 Å². The molecule has 0 saturated heterocycles. The average molecular weight is 363 g/mol. The molecular weight excluding hydrogens is 341 g/mol. The van der Waals surface area contributed by atoms with Crippen LogP contribution in [-0.2, 0) is 17.9 Å². The minimum absolute atomic E-state index is 0.228. The first-order chi connectivity index (χ1) is 13.0. The molecule has 0 aliphatic heterocycles. The molecule has 1 N–H and O–H groups in total. The number of carbonyl (C=O) groups is 1. The summed E-state index contributed by atoms with van der Waals surface area (Å²) in [5, 5.41) is 7.46. The summed E-state index contributed by atoms with van der Waals surface area (Å²) in [4.78, 5) is 12.1. The van der Waals surface area contributed by atoms with Gasteiger partial charge in [-0.1, -0.05) is 42.5 Å². The molecule has 138 valence electrons. The predicted octanol–water partition coefficient (Wildman–Crippen LogP) is 4.02. The molecule has 0 aliphatic carbocycles. The lowest BCUT2D eigenvalue weighted by Crippen LogP contribution is -2.21. The van der Waals surface area contributed by atoms with E-state index in [9.17, 15) is 9.18 Å². The molecule has 2 aromatic carbocycles. The van der Waals surface area contributed by atoms with Crippen molar-refractivity contribution in [3.05, 3.63) is 94.6 Å². The van der Waals surface area contributed by atoms with Crippen molar-refractivity contribution in [1.82, 2.24) is 15.1 Å². The Bertz CT molecular complexity index is 961. The molecule has 4 nitrogen and oxygen atoms in total. The van der Waals surface area contributed by atoms with Gasteiger partial charge >= 0.3 is 0 Å². The standard InChI is InChI=1S/C22H22FN3O/c1-16-21(17(2)26(25-16)15-19-7-4-3-5-8-19)14-24-22(27)12-11-18-9-6-10-20(23)13-18/h3-13H,14-15H2,1-2H3,(H,24,27). The summed E-state index contributed by atoms with van der Waals surface area (Å²) < 4.78 is 15.1. The van der Waals surface area contributed by atoms with E-state index in [0.717, 1.165) is 17.0 Å². The minimum atomic E-state index is -0.324. The van der Waals surface area contributed by atoms with Crippen LogP contribution in [0.1, 0.15) is 28.1 Å². The predicted molar refractivity (Wildman–Crippen MR) is 105 cm³/mol. The van der Waals surface area contributed by atoms with E-state index < -0.39 is 0 Å². The van der Waals surface area contributed by atoms with E-state index in [1.807, 2.05) is 36.7 Å². The monoisotopic (exact) mass is 363 g/mol. The first-order valence-corrected chi connectivity index (χ1v) is 8.81. The number of halogens is 1. The molecular formula is C22H22FN3O. The van der Waals surface area contributed by atoms with Crippen molar-refractivity contribution in [2.75, 3.05) is 0 Å². The van der Waals surface area contributed by atoms with Crippen LogP contribution in [0.3, 0.4) is 0 Å². The number of amides is 1. The van der Waals surface area contributed by atoms with Gasteiger partial charge in [0.1, 0.15) is 5.82 Å². The number of carbonyl (C=O) groups excluding carboxylic acids is 1. The topological polar surface area (TPSA) is 46.9 Å². The maximum atomic E-state index is 13.2. The summed E-state index contributed by atoms with van der Waals surface area (Å²) >= 11 is 0. The zero-order valence-electron chi connectivity index (χ0n) is 15.4. The fraction of sp³-hybridized carbons (Fsp3) is 0.182. The van der Waals surface area contributed by atoms with Crippen LogP contribution in [0.5, 0.6) is 0 Å². The quantitative estimate of drug-likeness (QED) is 0.673. The maximum absolute atomic E-state index is 13.2. The average Bonchev–Trinajstić information content (AvgIpc) is 2.92. The molecule has 0 bridgehead atoms. The first-order valence-electron chi connectivity index (χ1n) is 8.81. The van der Waals surface area contributed by atoms with Gasteiger partial charge in [0.05, 0.1) is 12.2 Å². The number of aryl methyl sites for hydroxylation is 1. The number of benzene rings is 2. The van der Waals surface area contributed by atoms with Gasteiger partial charge in [0.15, 0.2) is 0 Å². The highest BCUT2D eigenvalue weighted by atomic mass is 19.1. The highest BCUT2D eigenvalue weighted by Crippen LogP contribution is 2.15. The summed E-state index contributed by atoms with van der Waals surface area (Å²) in [5.74, 6) is -0.552. The van der Waals surface area contributed by atoms with Crippen LogP contribution in [0.25, 0.3) is 6.08 Å². The lowest BCUT2D eigenvalue weighted by Gasteiger charge is -2.06. The Morgan fingerprint density at radius 2 is 1.93 bits per heavy atom. The fourth-order valence-electron chi connectivity index (χ4n) is 2.92. The summed E-state index contributed by atoms with van der Waals surface area (Å²) in [7, 11) is 0. The first kappa shape index (κ1) is 18.6. The van der Waals surface area contributed by atoms with E-state index in [4.69, 9.17) is 0 Å². The SMILES string of the molecule is Cc1nn(Cc2ccccc2)c(C)c1CNC(=O)C=Cc1cccc(F)c1. The Morgan fingerprint density at radius 3 is 2.67 bits per heavy atom. The Morgan fingerprint density at radius 1 is 1.15 bits per heavy atom. The molecule has 0 unspecified atom stereocenters.